The van der Waals surface area contributed by atoms with Gasteiger partial charge < -0.3 is 10.6 Å². The Morgan fingerprint density at radius 3 is 2.35 bits per heavy atom. The van der Waals surface area contributed by atoms with E-state index in [9.17, 15) is 17.6 Å². The van der Waals surface area contributed by atoms with Crippen LogP contribution in [0.1, 0.15) is 12.5 Å². The van der Waals surface area contributed by atoms with Crippen molar-refractivity contribution in [1.29, 1.82) is 0 Å². The van der Waals surface area contributed by atoms with Gasteiger partial charge in [0.25, 0.3) is 0 Å². The lowest BCUT2D eigenvalue weighted by Gasteiger charge is -2.24. The summed E-state index contributed by atoms with van der Waals surface area (Å²) in [4.78, 5) is 1.06. The molecule has 6 heteroatoms. The number of nitrogens with zero attached hydrogens (tertiary/aromatic N) is 1. The molecule has 0 aliphatic heterocycles. The number of anilines is 1. The van der Waals surface area contributed by atoms with Crippen molar-refractivity contribution in [3.05, 3.63) is 29.6 Å². The maximum atomic E-state index is 13.2. The van der Waals surface area contributed by atoms with Crippen LogP contribution in [0.15, 0.2) is 18.2 Å². The van der Waals surface area contributed by atoms with Crippen molar-refractivity contribution in [2.24, 2.45) is 5.73 Å². The third-order valence-electron chi connectivity index (χ3n) is 2.30. The molecular formula is C11H14F4N2. The first-order valence-electron chi connectivity index (χ1n) is 5.17. The first kappa shape index (κ1) is 13.8. The van der Waals surface area contributed by atoms with Crippen LogP contribution >= 0.6 is 0 Å². The quantitative estimate of drug-likeness (QED) is 0.832. The van der Waals surface area contributed by atoms with E-state index in [4.69, 9.17) is 5.73 Å². The Balaban J connectivity index is 2.99. The zero-order chi connectivity index (χ0) is 13.1. The summed E-state index contributed by atoms with van der Waals surface area (Å²) < 4.78 is 50.1. The number of rotatable bonds is 4. The predicted octanol–water partition coefficient (Wildman–Crippen LogP) is 2.67. The lowest BCUT2D eigenvalue weighted by molar-refractivity contribution is -0.119. The van der Waals surface area contributed by atoms with Gasteiger partial charge in [-0.3, -0.25) is 0 Å². The highest BCUT2D eigenvalue weighted by Gasteiger charge is 2.30. The highest BCUT2D eigenvalue weighted by Crippen LogP contribution is 2.23. The molecule has 0 heterocycles. The van der Waals surface area contributed by atoms with Crippen LogP contribution in [0.5, 0.6) is 0 Å². The largest absolute Gasteiger partial charge is 0.405 e. The topological polar surface area (TPSA) is 29.3 Å². The van der Waals surface area contributed by atoms with Gasteiger partial charge in [0.15, 0.2) is 0 Å². The molecule has 0 atom stereocenters. The fourth-order valence-corrected chi connectivity index (χ4v) is 1.54. The molecule has 0 unspecified atom stereocenters. The van der Waals surface area contributed by atoms with Gasteiger partial charge in [0, 0.05) is 18.8 Å². The fourth-order valence-electron chi connectivity index (χ4n) is 1.54. The van der Waals surface area contributed by atoms with E-state index in [1.807, 2.05) is 0 Å². The molecular weight excluding hydrogens is 236 g/mol. The molecule has 0 radical (unpaired) electrons. The van der Waals surface area contributed by atoms with E-state index in [0.29, 0.717) is 5.56 Å². The van der Waals surface area contributed by atoms with E-state index >= 15 is 0 Å². The van der Waals surface area contributed by atoms with Crippen molar-refractivity contribution in [3.8, 4) is 0 Å². The van der Waals surface area contributed by atoms with Gasteiger partial charge in [0.1, 0.15) is 12.4 Å². The molecule has 0 fully saturated rings. The number of halogens is 4. The number of hydrogen-bond acceptors (Lipinski definition) is 2. The van der Waals surface area contributed by atoms with Crippen molar-refractivity contribution < 1.29 is 17.6 Å². The Hall–Kier alpha value is -1.30. The normalized spacial score (nSPS) is 11.6. The third-order valence-corrected chi connectivity index (χ3v) is 2.30. The molecule has 2 nitrogen and oxygen atoms in total. The minimum Gasteiger partial charge on any atom is -0.363 e. The van der Waals surface area contributed by atoms with Crippen LogP contribution in [0, 0.1) is 5.82 Å². The van der Waals surface area contributed by atoms with E-state index in [0.717, 1.165) is 11.0 Å². The maximum absolute atomic E-state index is 13.2. The molecule has 0 spiro atoms. The van der Waals surface area contributed by atoms with E-state index in [1.54, 1.807) is 6.92 Å². The molecule has 96 valence electrons. The van der Waals surface area contributed by atoms with E-state index < -0.39 is 18.5 Å². The predicted molar refractivity (Wildman–Crippen MR) is 58.2 cm³/mol. The van der Waals surface area contributed by atoms with Crippen LogP contribution in [-0.2, 0) is 6.54 Å². The average Bonchev–Trinajstić information content (AvgIpc) is 2.23. The van der Waals surface area contributed by atoms with Crippen molar-refractivity contribution in [3.63, 3.8) is 0 Å². The molecule has 17 heavy (non-hydrogen) atoms. The lowest BCUT2D eigenvalue weighted by Crippen LogP contribution is -2.34. The summed E-state index contributed by atoms with van der Waals surface area (Å²) in [6.45, 7) is 0.719. The van der Waals surface area contributed by atoms with Gasteiger partial charge in [-0.1, -0.05) is 0 Å². The Kier molecular flexibility index (Phi) is 4.34. The van der Waals surface area contributed by atoms with Crippen molar-refractivity contribution in [1.82, 2.24) is 0 Å². The van der Waals surface area contributed by atoms with Crippen LogP contribution in [0.4, 0.5) is 23.2 Å². The van der Waals surface area contributed by atoms with Gasteiger partial charge in [-0.2, -0.15) is 13.2 Å². The summed E-state index contributed by atoms with van der Waals surface area (Å²) >= 11 is 0. The summed E-state index contributed by atoms with van der Waals surface area (Å²) in [5.74, 6) is -0.580. The van der Waals surface area contributed by atoms with E-state index in [1.165, 1.54) is 12.1 Å². The third kappa shape index (κ3) is 4.22. The van der Waals surface area contributed by atoms with Gasteiger partial charge in [-0.05, 0) is 30.7 Å². The first-order chi connectivity index (χ1) is 7.85. The molecule has 0 bridgehead atoms. The molecule has 1 rings (SSSR count). The molecule has 0 aliphatic rings. The van der Waals surface area contributed by atoms with Gasteiger partial charge in [0.2, 0.25) is 0 Å². The van der Waals surface area contributed by atoms with Crippen LogP contribution in [0.2, 0.25) is 0 Å². The summed E-state index contributed by atoms with van der Waals surface area (Å²) in [7, 11) is 0. The second kappa shape index (κ2) is 5.35. The van der Waals surface area contributed by atoms with Crippen molar-refractivity contribution in [2.45, 2.75) is 19.6 Å². The second-order valence-corrected chi connectivity index (χ2v) is 3.65. The second-order valence-electron chi connectivity index (χ2n) is 3.65. The zero-order valence-electron chi connectivity index (χ0n) is 9.39. The minimum absolute atomic E-state index is 0.0916. The molecule has 0 amide bonds. The Morgan fingerprint density at radius 2 is 1.88 bits per heavy atom. The lowest BCUT2D eigenvalue weighted by atomic mass is 10.1. The average molecular weight is 250 g/mol. The molecule has 0 aliphatic carbocycles. The summed E-state index contributed by atoms with van der Waals surface area (Å²) in [6, 6.07) is 3.76. The van der Waals surface area contributed by atoms with E-state index in [-0.39, 0.29) is 18.8 Å². The van der Waals surface area contributed by atoms with Crippen LogP contribution in [-0.4, -0.2) is 19.3 Å². The van der Waals surface area contributed by atoms with Crippen LogP contribution in [0.25, 0.3) is 0 Å². The Labute approximate surface area is 97.0 Å². The van der Waals surface area contributed by atoms with Crippen LogP contribution in [0.3, 0.4) is 0 Å². The molecule has 0 saturated heterocycles. The van der Waals surface area contributed by atoms with Gasteiger partial charge in [-0.25, -0.2) is 4.39 Å². The molecule has 1 aromatic carbocycles. The number of hydrogen-bond donors (Lipinski definition) is 1. The zero-order valence-corrected chi connectivity index (χ0v) is 9.39. The highest BCUT2D eigenvalue weighted by atomic mass is 19.4. The number of benzene rings is 1. The Bertz CT molecular complexity index is 376. The highest BCUT2D eigenvalue weighted by molar-refractivity contribution is 5.49. The molecule has 0 aromatic heterocycles. The Morgan fingerprint density at radius 1 is 1.24 bits per heavy atom. The van der Waals surface area contributed by atoms with E-state index in [2.05, 4.69) is 0 Å². The maximum Gasteiger partial charge on any atom is 0.405 e. The molecule has 1 aromatic rings. The van der Waals surface area contributed by atoms with Gasteiger partial charge in [0.05, 0.1) is 0 Å². The molecule has 2 N–H and O–H groups in total. The van der Waals surface area contributed by atoms with Gasteiger partial charge >= 0.3 is 6.18 Å². The monoisotopic (exact) mass is 250 g/mol. The number of alkyl halides is 3. The van der Waals surface area contributed by atoms with Crippen molar-refractivity contribution in [2.75, 3.05) is 18.0 Å². The first-order valence-corrected chi connectivity index (χ1v) is 5.17. The van der Waals surface area contributed by atoms with Crippen molar-refractivity contribution >= 4 is 5.69 Å². The standard InChI is InChI=1S/C11H14F4N2/c1-2-17(7-11(13,14)15)10-4-8(6-16)3-9(12)5-10/h3-5H,2,6-7,16H2,1H3. The SMILES string of the molecule is CCN(CC(F)(F)F)c1cc(F)cc(CN)c1. The fraction of sp³-hybridized carbons (Fsp3) is 0.455. The minimum atomic E-state index is -4.31. The molecule has 0 saturated carbocycles. The summed E-state index contributed by atoms with van der Waals surface area (Å²) in [5.41, 5.74) is 6.02. The van der Waals surface area contributed by atoms with Crippen LogP contribution < -0.4 is 10.6 Å². The number of nitrogens with two attached hydrogens (primary N) is 1. The summed E-state index contributed by atoms with van der Waals surface area (Å²) in [6.07, 6.45) is -4.31. The summed E-state index contributed by atoms with van der Waals surface area (Å²) in [5, 5.41) is 0. The smallest absolute Gasteiger partial charge is 0.363 e. The van der Waals surface area contributed by atoms with Gasteiger partial charge in [-0.15, -0.1) is 0 Å².